The SMILES string of the molecule is C[C@@H]1CN(C(=O)[C@@H](C)N2CCN(c3cccc(Cl)c3)CC2)C[C@H](C)O1. The van der Waals surface area contributed by atoms with Crippen molar-refractivity contribution in [1.82, 2.24) is 9.80 Å². The van der Waals surface area contributed by atoms with Crippen LogP contribution in [0.15, 0.2) is 24.3 Å². The van der Waals surface area contributed by atoms with Crippen LogP contribution in [0.1, 0.15) is 20.8 Å². The average Bonchev–Trinajstić information content (AvgIpc) is 2.60. The van der Waals surface area contributed by atoms with Gasteiger partial charge in [-0.15, -0.1) is 0 Å². The fraction of sp³-hybridized carbons (Fsp3) is 0.632. The predicted octanol–water partition coefficient (Wildman–Crippen LogP) is 2.49. The number of rotatable bonds is 3. The number of ether oxygens (including phenoxy) is 1. The van der Waals surface area contributed by atoms with Gasteiger partial charge in [-0.2, -0.15) is 0 Å². The number of hydrogen-bond acceptors (Lipinski definition) is 4. The monoisotopic (exact) mass is 365 g/mol. The third-order valence-corrected chi connectivity index (χ3v) is 5.36. The maximum atomic E-state index is 12.9. The zero-order valence-corrected chi connectivity index (χ0v) is 16.1. The van der Waals surface area contributed by atoms with E-state index in [0.29, 0.717) is 13.1 Å². The number of halogens is 1. The van der Waals surface area contributed by atoms with Gasteiger partial charge in [-0.1, -0.05) is 17.7 Å². The van der Waals surface area contributed by atoms with Crippen molar-refractivity contribution in [3.05, 3.63) is 29.3 Å². The van der Waals surface area contributed by atoms with Crippen molar-refractivity contribution in [2.24, 2.45) is 0 Å². The highest BCUT2D eigenvalue weighted by Gasteiger charge is 2.32. The van der Waals surface area contributed by atoms with Crippen molar-refractivity contribution in [2.45, 2.75) is 39.0 Å². The maximum absolute atomic E-state index is 12.9. The molecule has 1 aromatic rings. The number of hydrogen-bond donors (Lipinski definition) is 0. The Hall–Kier alpha value is -1.30. The molecule has 0 aromatic heterocycles. The van der Waals surface area contributed by atoms with Gasteiger partial charge in [0.25, 0.3) is 0 Å². The molecule has 3 rings (SSSR count). The van der Waals surface area contributed by atoms with Gasteiger partial charge in [0, 0.05) is 50.0 Å². The Morgan fingerprint density at radius 1 is 1.16 bits per heavy atom. The van der Waals surface area contributed by atoms with Crippen LogP contribution in [-0.2, 0) is 9.53 Å². The van der Waals surface area contributed by atoms with Crippen LogP contribution < -0.4 is 4.90 Å². The Kier molecular flexibility index (Phi) is 5.87. The molecule has 2 fully saturated rings. The highest BCUT2D eigenvalue weighted by atomic mass is 35.5. The highest BCUT2D eigenvalue weighted by Crippen LogP contribution is 2.22. The zero-order chi connectivity index (χ0) is 18.0. The van der Waals surface area contributed by atoms with E-state index in [2.05, 4.69) is 15.9 Å². The summed E-state index contributed by atoms with van der Waals surface area (Å²) in [6.07, 6.45) is 0.221. The van der Waals surface area contributed by atoms with Crippen molar-refractivity contribution in [1.29, 1.82) is 0 Å². The first kappa shape index (κ1) is 18.5. The first-order chi connectivity index (χ1) is 11.9. The lowest BCUT2D eigenvalue weighted by atomic mass is 10.1. The van der Waals surface area contributed by atoms with Crippen LogP contribution >= 0.6 is 11.6 Å². The first-order valence-electron chi connectivity index (χ1n) is 9.13. The van der Waals surface area contributed by atoms with Crippen LogP contribution in [0, 0.1) is 0 Å². The van der Waals surface area contributed by atoms with Gasteiger partial charge in [0.2, 0.25) is 5.91 Å². The maximum Gasteiger partial charge on any atom is 0.239 e. The van der Waals surface area contributed by atoms with Gasteiger partial charge in [0.05, 0.1) is 18.2 Å². The second kappa shape index (κ2) is 7.94. The number of nitrogens with zero attached hydrogens (tertiary/aromatic N) is 3. The second-order valence-electron chi connectivity index (χ2n) is 7.18. The van der Waals surface area contributed by atoms with Crippen LogP contribution in [0.25, 0.3) is 0 Å². The Morgan fingerprint density at radius 3 is 2.40 bits per heavy atom. The van der Waals surface area contributed by atoms with Crippen molar-refractivity contribution in [3.63, 3.8) is 0 Å². The normalized spacial score (nSPS) is 26.6. The standard InChI is InChI=1S/C19H28ClN3O2/c1-14-12-23(13-15(2)25-14)19(24)16(3)21-7-9-22(10-8-21)18-6-4-5-17(20)11-18/h4-6,11,14-16H,7-10,12-13H2,1-3H3/t14-,15+,16-/m1/s1. The number of anilines is 1. The Balaban J connectivity index is 1.56. The molecule has 1 amide bonds. The van der Waals surface area contributed by atoms with Gasteiger partial charge < -0.3 is 14.5 Å². The second-order valence-corrected chi connectivity index (χ2v) is 7.62. The van der Waals surface area contributed by atoms with Gasteiger partial charge in [-0.25, -0.2) is 0 Å². The summed E-state index contributed by atoms with van der Waals surface area (Å²) in [5, 5.41) is 0.763. The third-order valence-electron chi connectivity index (χ3n) is 5.12. The smallest absolute Gasteiger partial charge is 0.239 e. The Bertz CT molecular complexity index is 594. The van der Waals surface area contributed by atoms with Crippen LogP contribution in [0.2, 0.25) is 5.02 Å². The molecule has 5 nitrogen and oxygen atoms in total. The summed E-state index contributed by atoms with van der Waals surface area (Å²) in [5.41, 5.74) is 1.15. The predicted molar refractivity (Wildman–Crippen MR) is 101 cm³/mol. The van der Waals surface area contributed by atoms with Gasteiger partial charge >= 0.3 is 0 Å². The van der Waals surface area contributed by atoms with E-state index in [9.17, 15) is 4.79 Å². The molecular weight excluding hydrogens is 338 g/mol. The quantitative estimate of drug-likeness (QED) is 0.824. The van der Waals surface area contributed by atoms with E-state index in [-0.39, 0.29) is 24.2 Å². The lowest BCUT2D eigenvalue weighted by Gasteiger charge is -2.42. The van der Waals surface area contributed by atoms with Crippen molar-refractivity contribution < 1.29 is 9.53 Å². The summed E-state index contributed by atoms with van der Waals surface area (Å²) in [4.78, 5) is 19.5. The van der Waals surface area contributed by atoms with Crippen LogP contribution in [-0.4, -0.2) is 73.2 Å². The summed E-state index contributed by atoms with van der Waals surface area (Å²) < 4.78 is 5.74. The highest BCUT2D eigenvalue weighted by molar-refractivity contribution is 6.30. The van der Waals surface area contributed by atoms with E-state index in [1.807, 2.05) is 43.9 Å². The van der Waals surface area contributed by atoms with Crippen molar-refractivity contribution in [3.8, 4) is 0 Å². The summed E-state index contributed by atoms with van der Waals surface area (Å²) in [6, 6.07) is 7.89. The number of carbonyl (C=O) groups excluding carboxylic acids is 1. The number of amides is 1. The van der Waals surface area contributed by atoms with Crippen LogP contribution in [0.4, 0.5) is 5.69 Å². The van der Waals surface area contributed by atoms with Gasteiger partial charge in [0.15, 0.2) is 0 Å². The van der Waals surface area contributed by atoms with Crippen molar-refractivity contribution in [2.75, 3.05) is 44.2 Å². The van der Waals surface area contributed by atoms with Gasteiger partial charge in [0.1, 0.15) is 0 Å². The van der Waals surface area contributed by atoms with E-state index >= 15 is 0 Å². The minimum Gasteiger partial charge on any atom is -0.372 e. The van der Waals surface area contributed by atoms with E-state index in [1.165, 1.54) is 0 Å². The van der Waals surface area contributed by atoms with E-state index < -0.39 is 0 Å². The molecule has 0 saturated carbocycles. The molecule has 138 valence electrons. The largest absolute Gasteiger partial charge is 0.372 e. The average molecular weight is 366 g/mol. The summed E-state index contributed by atoms with van der Waals surface area (Å²) in [5.74, 6) is 0.221. The molecule has 0 spiro atoms. The summed E-state index contributed by atoms with van der Waals surface area (Å²) in [6.45, 7) is 11.1. The fourth-order valence-electron chi connectivity index (χ4n) is 3.82. The summed E-state index contributed by atoms with van der Waals surface area (Å²) >= 11 is 6.10. The van der Waals surface area contributed by atoms with E-state index in [0.717, 1.165) is 36.9 Å². The molecule has 2 heterocycles. The third kappa shape index (κ3) is 4.46. The van der Waals surface area contributed by atoms with Crippen molar-refractivity contribution >= 4 is 23.2 Å². The van der Waals surface area contributed by atoms with Gasteiger partial charge in [-0.3, -0.25) is 9.69 Å². The molecular formula is C19H28ClN3O2. The Morgan fingerprint density at radius 2 is 1.80 bits per heavy atom. The Labute approximate surface area is 155 Å². The minimum atomic E-state index is -0.0842. The molecule has 2 aliphatic rings. The number of benzene rings is 1. The number of morpholine rings is 1. The van der Waals surface area contributed by atoms with E-state index in [4.69, 9.17) is 16.3 Å². The molecule has 0 unspecified atom stereocenters. The molecule has 2 aliphatic heterocycles. The molecule has 0 radical (unpaired) electrons. The lowest BCUT2D eigenvalue weighted by Crippen LogP contribution is -2.57. The number of piperazine rings is 1. The molecule has 1 aromatic carbocycles. The molecule has 0 aliphatic carbocycles. The van der Waals surface area contributed by atoms with Crippen LogP contribution in [0.5, 0.6) is 0 Å². The molecule has 0 N–H and O–H groups in total. The fourth-order valence-corrected chi connectivity index (χ4v) is 4.00. The summed E-state index contributed by atoms with van der Waals surface area (Å²) in [7, 11) is 0. The molecule has 0 bridgehead atoms. The minimum absolute atomic E-state index is 0.0842. The molecule has 25 heavy (non-hydrogen) atoms. The molecule has 2 saturated heterocycles. The van der Waals surface area contributed by atoms with Gasteiger partial charge in [-0.05, 0) is 39.0 Å². The number of carbonyl (C=O) groups is 1. The topological polar surface area (TPSA) is 36.0 Å². The lowest BCUT2D eigenvalue weighted by molar-refractivity contribution is -0.148. The van der Waals surface area contributed by atoms with Crippen LogP contribution in [0.3, 0.4) is 0 Å². The van der Waals surface area contributed by atoms with E-state index in [1.54, 1.807) is 0 Å². The molecule has 3 atom stereocenters. The first-order valence-corrected chi connectivity index (χ1v) is 9.50. The zero-order valence-electron chi connectivity index (χ0n) is 15.3. The molecule has 6 heteroatoms.